The second-order valence-electron chi connectivity index (χ2n) is 5.37. The van der Waals surface area contributed by atoms with E-state index >= 15 is 0 Å². The maximum atomic E-state index is 12.9. The normalized spacial score (nSPS) is 16.7. The van der Waals surface area contributed by atoms with Gasteiger partial charge >= 0.3 is 6.18 Å². The largest absolute Gasteiger partial charge is 0.423 e. The van der Waals surface area contributed by atoms with Crippen LogP contribution in [0.4, 0.5) is 24.5 Å². The number of alkyl halides is 3. The third kappa shape index (κ3) is 4.09. The van der Waals surface area contributed by atoms with E-state index < -0.39 is 22.4 Å². The first-order valence-electron chi connectivity index (χ1n) is 6.97. The summed E-state index contributed by atoms with van der Waals surface area (Å²) in [6.45, 7) is 0.606. The molecule has 0 unspecified atom stereocenters. The maximum Gasteiger partial charge on any atom is 0.423 e. The van der Waals surface area contributed by atoms with Crippen LogP contribution in [-0.2, 0) is 6.18 Å². The summed E-state index contributed by atoms with van der Waals surface area (Å²) >= 11 is 0. The van der Waals surface area contributed by atoms with E-state index in [1.54, 1.807) is 0 Å². The first-order chi connectivity index (χ1) is 9.88. The number of nitro groups is 1. The lowest BCUT2D eigenvalue weighted by Crippen LogP contribution is -2.17. The Labute approximate surface area is 120 Å². The van der Waals surface area contributed by atoms with Crippen molar-refractivity contribution in [2.24, 2.45) is 5.92 Å². The van der Waals surface area contributed by atoms with Crippen LogP contribution in [0.1, 0.15) is 37.7 Å². The van der Waals surface area contributed by atoms with Crippen LogP contribution in [0.2, 0.25) is 0 Å². The molecule has 2 rings (SSSR count). The first-order valence-corrected chi connectivity index (χ1v) is 6.97. The third-order valence-corrected chi connectivity index (χ3v) is 3.82. The van der Waals surface area contributed by atoms with Gasteiger partial charge in [0.15, 0.2) is 0 Å². The number of hydrogen-bond acceptors (Lipinski definition) is 3. The molecule has 116 valence electrons. The van der Waals surface area contributed by atoms with Crippen molar-refractivity contribution < 1.29 is 18.1 Å². The van der Waals surface area contributed by atoms with Crippen LogP contribution in [0.5, 0.6) is 0 Å². The molecule has 0 heterocycles. The number of nitrogens with one attached hydrogen (secondary N) is 1. The zero-order chi connectivity index (χ0) is 15.5. The van der Waals surface area contributed by atoms with Gasteiger partial charge in [0.05, 0.1) is 4.92 Å². The lowest BCUT2D eigenvalue weighted by molar-refractivity contribution is -0.388. The van der Waals surface area contributed by atoms with Gasteiger partial charge in [-0.15, -0.1) is 0 Å². The molecule has 1 saturated carbocycles. The van der Waals surface area contributed by atoms with Gasteiger partial charge in [-0.05, 0) is 30.9 Å². The van der Waals surface area contributed by atoms with Crippen LogP contribution in [0, 0.1) is 16.0 Å². The van der Waals surface area contributed by atoms with Gasteiger partial charge in [0, 0.05) is 18.3 Å². The van der Waals surface area contributed by atoms with Crippen molar-refractivity contribution in [3.05, 3.63) is 33.9 Å². The minimum atomic E-state index is -4.73. The Balaban J connectivity index is 2.11. The van der Waals surface area contributed by atoms with Gasteiger partial charge in [-0.3, -0.25) is 10.1 Å². The molecule has 0 spiro atoms. The lowest BCUT2D eigenvalue weighted by Gasteiger charge is -2.22. The van der Waals surface area contributed by atoms with E-state index in [4.69, 9.17) is 0 Å². The van der Waals surface area contributed by atoms with E-state index in [0.29, 0.717) is 12.5 Å². The SMILES string of the molecule is O=[N+]([O-])c1ccc(NCC2CCCCC2)cc1C(F)(F)F. The van der Waals surface area contributed by atoms with E-state index in [-0.39, 0.29) is 5.69 Å². The Morgan fingerprint density at radius 3 is 2.48 bits per heavy atom. The number of rotatable bonds is 4. The van der Waals surface area contributed by atoms with Crippen LogP contribution >= 0.6 is 0 Å². The minimum Gasteiger partial charge on any atom is -0.385 e. The second kappa shape index (κ2) is 6.32. The average molecular weight is 302 g/mol. The minimum absolute atomic E-state index is 0.276. The predicted molar refractivity (Wildman–Crippen MR) is 73.2 cm³/mol. The lowest BCUT2D eigenvalue weighted by atomic mass is 9.89. The van der Waals surface area contributed by atoms with E-state index in [1.165, 1.54) is 12.5 Å². The van der Waals surface area contributed by atoms with E-state index in [0.717, 1.165) is 37.8 Å². The van der Waals surface area contributed by atoms with Crippen molar-refractivity contribution in [1.29, 1.82) is 0 Å². The van der Waals surface area contributed by atoms with Crippen molar-refractivity contribution in [3.63, 3.8) is 0 Å². The molecule has 0 radical (unpaired) electrons. The molecule has 1 fully saturated rings. The quantitative estimate of drug-likeness (QED) is 0.653. The topological polar surface area (TPSA) is 55.2 Å². The van der Waals surface area contributed by atoms with Crippen LogP contribution in [0.3, 0.4) is 0 Å². The van der Waals surface area contributed by atoms with Gasteiger partial charge in [-0.2, -0.15) is 13.2 Å². The fourth-order valence-electron chi connectivity index (χ4n) is 2.69. The smallest absolute Gasteiger partial charge is 0.385 e. The zero-order valence-electron chi connectivity index (χ0n) is 11.4. The first kappa shape index (κ1) is 15.6. The third-order valence-electron chi connectivity index (χ3n) is 3.82. The molecule has 1 aromatic rings. The summed E-state index contributed by atoms with van der Waals surface area (Å²) < 4.78 is 38.6. The van der Waals surface area contributed by atoms with E-state index in [1.807, 2.05) is 0 Å². The summed E-state index contributed by atoms with van der Waals surface area (Å²) in [6.07, 6.45) is 0.941. The number of benzene rings is 1. The van der Waals surface area contributed by atoms with Crippen LogP contribution in [0.15, 0.2) is 18.2 Å². The summed E-state index contributed by atoms with van der Waals surface area (Å²) in [5.74, 6) is 0.461. The fraction of sp³-hybridized carbons (Fsp3) is 0.571. The van der Waals surface area contributed by atoms with Crippen LogP contribution < -0.4 is 5.32 Å². The summed E-state index contributed by atoms with van der Waals surface area (Å²) in [7, 11) is 0. The van der Waals surface area contributed by atoms with Crippen molar-refractivity contribution in [2.75, 3.05) is 11.9 Å². The number of nitrogens with zero attached hydrogens (tertiary/aromatic N) is 1. The molecule has 21 heavy (non-hydrogen) atoms. The Hall–Kier alpha value is -1.79. The molecule has 1 aromatic carbocycles. The molecule has 0 saturated heterocycles. The molecule has 1 aliphatic carbocycles. The molecule has 4 nitrogen and oxygen atoms in total. The fourth-order valence-corrected chi connectivity index (χ4v) is 2.69. The highest BCUT2D eigenvalue weighted by Gasteiger charge is 2.38. The maximum absolute atomic E-state index is 12.9. The molecular weight excluding hydrogens is 285 g/mol. The molecule has 0 aromatic heterocycles. The molecule has 0 aliphatic heterocycles. The summed E-state index contributed by atoms with van der Waals surface area (Å²) in [6, 6.07) is 3.06. The van der Waals surface area contributed by atoms with Gasteiger partial charge in [-0.25, -0.2) is 0 Å². The van der Waals surface area contributed by atoms with Gasteiger partial charge in [0.25, 0.3) is 5.69 Å². The van der Waals surface area contributed by atoms with Crippen molar-refractivity contribution >= 4 is 11.4 Å². The predicted octanol–water partition coefficient (Wildman–Crippen LogP) is 4.61. The van der Waals surface area contributed by atoms with Crippen molar-refractivity contribution in [3.8, 4) is 0 Å². The molecule has 1 N–H and O–H groups in total. The highest BCUT2D eigenvalue weighted by Crippen LogP contribution is 2.37. The second-order valence-corrected chi connectivity index (χ2v) is 5.37. The highest BCUT2D eigenvalue weighted by molar-refractivity contribution is 5.55. The highest BCUT2D eigenvalue weighted by atomic mass is 19.4. The number of nitro benzene ring substituents is 1. The van der Waals surface area contributed by atoms with E-state index in [9.17, 15) is 23.3 Å². The van der Waals surface area contributed by atoms with E-state index in [2.05, 4.69) is 5.32 Å². The molecule has 0 bridgehead atoms. The zero-order valence-corrected chi connectivity index (χ0v) is 11.4. The number of hydrogen-bond donors (Lipinski definition) is 1. The Kier molecular flexibility index (Phi) is 4.69. The molecule has 0 atom stereocenters. The monoisotopic (exact) mass is 302 g/mol. The number of anilines is 1. The standard InChI is InChI=1S/C14H17F3N2O2/c15-14(16,17)12-8-11(6-7-13(12)19(20)21)18-9-10-4-2-1-3-5-10/h6-8,10,18H,1-5,9H2. The van der Waals surface area contributed by atoms with Crippen LogP contribution in [0.25, 0.3) is 0 Å². The Morgan fingerprint density at radius 1 is 1.24 bits per heavy atom. The van der Waals surface area contributed by atoms with Gasteiger partial charge in [-0.1, -0.05) is 19.3 Å². The molecule has 0 amide bonds. The summed E-state index contributed by atoms with van der Waals surface area (Å²) in [4.78, 5) is 9.66. The molecule has 7 heteroatoms. The molecular formula is C14H17F3N2O2. The van der Waals surface area contributed by atoms with Crippen molar-refractivity contribution in [2.45, 2.75) is 38.3 Å². The van der Waals surface area contributed by atoms with Gasteiger partial charge < -0.3 is 5.32 Å². The van der Waals surface area contributed by atoms with Crippen LogP contribution in [-0.4, -0.2) is 11.5 Å². The number of halogens is 3. The Bertz CT molecular complexity index is 511. The summed E-state index contributed by atoms with van der Waals surface area (Å²) in [5.41, 5.74) is -1.84. The average Bonchev–Trinajstić information content (AvgIpc) is 2.45. The summed E-state index contributed by atoms with van der Waals surface area (Å²) in [5, 5.41) is 13.6. The van der Waals surface area contributed by atoms with Crippen molar-refractivity contribution in [1.82, 2.24) is 0 Å². The van der Waals surface area contributed by atoms with Gasteiger partial charge in [0.1, 0.15) is 5.56 Å². The van der Waals surface area contributed by atoms with Gasteiger partial charge in [0.2, 0.25) is 0 Å². The molecule has 1 aliphatic rings. The Morgan fingerprint density at radius 2 is 1.90 bits per heavy atom.